The molecule has 0 spiro atoms. The number of esters is 1. The van der Waals surface area contributed by atoms with E-state index in [1.807, 2.05) is 13.8 Å². The van der Waals surface area contributed by atoms with E-state index < -0.39 is 18.0 Å². The molecule has 2 N–H and O–H groups in total. The van der Waals surface area contributed by atoms with E-state index in [2.05, 4.69) is 10.6 Å². The monoisotopic (exact) mass is 478 g/mol. The molecule has 3 rings (SSSR count). The summed E-state index contributed by atoms with van der Waals surface area (Å²) < 4.78 is 16.2. The van der Waals surface area contributed by atoms with Gasteiger partial charge < -0.3 is 24.8 Å². The lowest BCUT2D eigenvalue weighted by Gasteiger charge is -2.30. The molecule has 0 aliphatic carbocycles. The first kappa shape index (κ1) is 23.8. The lowest BCUT2D eigenvalue weighted by Crippen LogP contribution is -2.45. The Bertz CT molecular complexity index is 1030. The standard InChI is InChI=1S/C23H24Cl2N2O5/c1-5-31-22(28)18-19(13-6-8-15(30-4)9-7-13)26-23(29)27-20(18)14-10-16(24)21(17(25)11-14)32-12(2)3/h6-12,20H,5H2,1-4H3,(H2,26,27,29). The van der Waals surface area contributed by atoms with E-state index in [4.69, 9.17) is 37.4 Å². The summed E-state index contributed by atoms with van der Waals surface area (Å²) in [6.07, 6.45) is -0.133. The SMILES string of the molecule is CCOC(=O)C1=C(c2ccc(OC)cc2)NC(=O)NC1c1cc(Cl)c(OC(C)C)c(Cl)c1. The van der Waals surface area contributed by atoms with Gasteiger partial charge in [0.05, 0.1) is 47.2 Å². The first-order chi connectivity index (χ1) is 15.2. The molecule has 0 saturated carbocycles. The number of hydrogen-bond donors (Lipinski definition) is 2. The summed E-state index contributed by atoms with van der Waals surface area (Å²) in [5.74, 6) is 0.401. The zero-order valence-corrected chi connectivity index (χ0v) is 19.6. The largest absolute Gasteiger partial charge is 0.497 e. The molecule has 170 valence electrons. The van der Waals surface area contributed by atoms with Crippen LogP contribution in [-0.2, 0) is 9.53 Å². The van der Waals surface area contributed by atoms with Gasteiger partial charge in [0, 0.05) is 0 Å². The van der Waals surface area contributed by atoms with Crippen molar-refractivity contribution in [1.82, 2.24) is 10.6 Å². The normalized spacial score (nSPS) is 15.8. The van der Waals surface area contributed by atoms with Crippen molar-refractivity contribution in [3.05, 3.63) is 63.1 Å². The van der Waals surface area contributed by atoms with Gasteiger partial charge in [-0.05, 0) is 68.3 Å². The van der Waals surface area contributed by atoms with Crippen molar-refractivity contribution in [3.8, 4) is 11.5 Å². The first-order valence-electron chi connectivity index (χ1n) is 10.0. The van der Waals surface area contributed by atoms with E-state index in [1.165, 1.54) is 0 Å². The zero-order valence-electron chi connectivity index (χ0n) is 18.1. The molecule has 9 heteroatoms. The van der Waals surface area contributed by atoms with Crippen LogP contribution >= 0.6 is 23.2 Å². The van der Waals surface area contributed by atoms with E-state index in [1.54, 1.807) is 50.4 Å². The average Bonchev–Trinajstić information content (AvgIpc) is 2.75. The van der Waals surface area contributed by atoms with Gasteiger partial charge in [0.25, 0.3) is 0 Å². The number of benzene rings is 2. The van der Waals surface area contributed by atoms with E-state index in [0.717, 1.165) is 0 Å². The van der Waals surface area contributed by atoms with E-state index >= 15 is 0 Å². The molecule has 2 aromatic carbocycles. The Morgan fingerprint density at radius 1 is 1.12 bits per heavy atom. The van der Waals surface area contributed by atoms with Gasteiger partial charge in [0.2, 0.25) is 0 Å². The lowest BCUT2D eigenvalue weighted by atomic mass is 9.92. The van der Waals surface area contributed by atoms with Gasteiger partial charge in [-0.2, -0.15) is 0 Å². The number of nitrogens with one attached hydrogen (secondary N) is 2. The second kappa shape index (κ2) is 10.1. The number of methoxy groups -OCH3 is 1. The van der Waals surface area contributed by atoms with Crippen LogP contribution in [-0.4, -0.2) is 31.8 Å². The molecule has 1 heterocycles. The number of ether oxygens (including phenoxy) is 3. The molecule has 32 heavy (non-hydrogen) atoms. The second-order valence-corrected chi connectivity index (χ2v) is 8.06. The van der Waals surface area contributed by atoms with Gasteiger partial charge in [0.1, 0.15) is 5.75 Å². The van der Waals surface area contributed by atoms with Crippen molar-refractivity contribution in [1.29, 1.82) is 0 Å². The van der Waals surface area contributed by atoms with Gasteiger partial charge in [-0.25, -0.2) is 9.59 Å². The van der Waals surface area contributed by atoms with E-state index in [-0.39, 0.29) is 28.3 Å². The lowest BCUT2D eigenvalue weighted by molar-refractivity contribution is -0.138. The molecule has 2 aromatic rings. The third kappa shape index (κ3) is 5.11. The van der Waals surface area contributed by atoms with Crippen molar-refractivity contribution >= 4 is 40.9 Å². The predicted octanol–water partition coefficient (Wildman–Crippen LogP) is 5.12. The quantitative estimate of drug-likeness (QED) is 0.539. The third-order valence-electron chi connectivity index (χ3n) is 4.65. The van der Waals surface area contributed by atoms with Crippen LogP contribution in [0.25, 0.3) is 5.70 Å². The van der Waals surface area contributed by atoms with Crippen LogP contribution in [0, 0.1) is 0 Å². The van der Waals surface area contributed by atoms with Crippen molar-refractivity contribution in [3.63, 3.8) is 0 Å². The molecule has 1 atom stereocenters. The topological polar surface area (TPSA) is 85.9 Å². The molecule has 0 radical (unpaired) electrons. The minimum atomic E-state index is -0.844. The summed E-state index contributed by atoms with van der Waals surface area (Å²) in [5.41, 5.74) is 1.68. The molecule has 1 aliphatic rings. The first-order valence-corrected chi connectivity index (χ1v) is 10.8. The van der Waals surface area contributed by atoms with E-state index in [0.29, 0.717) is 28.3 Å². The fourth-order valence-corrected chi connectivity index (χ4v) is 3.92. The number of amides is 2. The zero-order chi connectivity index (χ0) is 23.4. The molecule has 0 aromatic heterocycles. The highest BCUT2D eigenvalue weighted by molar-refractivity contribution is 6.37. The number of hydrogen-bond acceptors (Lipinski definition) is 5. The Balaban J connectivity index is 2.16. The van der Waals surface area contributed by atoms with Crippen LogP contribution in [0.3, 0.4) is 0 Å². The average molecular weight is 479 g/mol. The molecule has 0 fully saturated rings. The molecule has 0 saturated heterocycles. The summed E-state index contributed by atoms with van der Waals surface area (Å²) in [5, 5.41) is 6.02. The van der Waals surface area contributed by atoms with Crippen LogP contribution in [0.15, 0.2) is 42.0 Å². The Morgan fingerprint density at radius 3 is 2.28 bits per heavy atom. The highest BCUT2D eigenvalue weighted by Gasteiger charge is 2.35. The van der Waals surface area contributed by atoms with Crippen LogP contribution < -0.4 is 20.1 Å². The number of halogens is 2. The van der Waals surface area contributed by atoms with Crippen LogP contribution in [0.2, 0.25) is 10.0 Å². The Morgan fingerprint density at radius 2 is 1.75 bits per heavy atom. The highest BCUT2D eigenvalue weighted by atomic mass is 35.5. The summed E-state index contributed by atoms with van der Waals surface area (Å²) in [4.78, 5) is 25.5. The van der Waals surface area contributed by atoms with Crippen LogP contribution in [0.4, 0.5) is 4.79 Å². The number of urea groups is 1. The maximum atomic E-state index is 13.0. The second-order valence-electron chi connectivity index (χ2n) is 7.25. The van der Waals surface area contributed by atoms with Crippen molar-refractivity contribution in [2.24, 2.45) is 0 Å². The van der Waals surface area contributed by atoms with Crippen LogP contribution in [0.1, 0.15) is 37.9 Å². The fraction of sp³-hybridized carbons (Fsp3) is 0.304. The molecular formula is C23H24Cl2N2O5. The summed E-state index contributed by atoms with van der Waals surface area (Å²) in [6.45, 7) is 5.59. The highest BCUT2D eigenvalue weighted by Crippen LogP contribution is 2.40. The third-order valence-corrected chi connectivity index (χ3v) is 5.22. The Kier molecular flexibility index (Phi) is 7.53. The van der Waals surface area contributed by atoms with Crippen LogP contribution in [0.5, 0.6) is 11.5 Å². The van der Waals surface area contributed by atoms with Crippen molar-refractivity contribution < 1.29 is 23.8 Å². The van der Waals surface area contributed by atoms with Gasteiger partial charge in [0.15, 0.2) is 5.75 Å². The van der Waals surface area contributed by atoms with Crippen molar-refractivity contribution in [2.45, 2.75) is 32.9 Å². The fourth-order valence-electron chi connectivity index (χ4n) is 3.32. The van der Waals surface area contributed by atoms with Gasteiger partial charge >= 0.3 is 12.0 Å². The maximum Gasteiger partial charge on any atom is 0.338 e. The summed E-state index contributed by atoms with van der Waals surface area (Å²) in [7, 11) is 1.56. The van der Waals surface area contributed by atoms with Gasteiger partial charge in [-0.15, -0.1) is 0 Å². The van der Waals surface area contributed by atoms with Gasteiger partial charge in [-0.3, -0.25) is 0 Å². The molecule has 0 bridgehead atoms. The molecule has 7 nitrogen and oxygen atoms in total. The predicted molar refractivity (Wildman–Crippen MR) is 123 cm³/mol. The number of carbonyl (C=O) groups excluding carboxylic acids is 2. The molecule has 1 aliphatic heterocycles. The van der Waals surface area contributed by atoms with E-state index in [9.17, 15) is 9.59 Å². The summed E-state index contributed by atoms with van der Waals surface area (Å²) in [6, 6.07) is 8.87. The molecule has 1 unspecified atom stereocenters. The maximum absolute atomic E-state index is 13.0. The summed E-state index contributed by atoms with van der Waals surface area (Å²) >= 11 is 12.9. The Labute approximate surface area is 196 Å². The molecule has 2 amide bonds. The van der Waals surface area contributed by atoms with Crippen molar-refractivity contribution in [2.75, 3.05) is 13.7 Å². The minimum absolute atomic E-state index is 0.133. The smallest absolute Gasteiger partial charge is 0.338 e. The Hall–Kier alpha value is -2.90. The number of carbonyl (C=O) groups is 2. The number of rotatable bonds is 7. The minimum Gasteiger partial charge on any atom is -0.497 e. The van der Waals surface area contributed by atoms with Gasteiger partial charge in [-0.1, -0.05) is 23.2 Å². The molecular weight excluding hydrogens is 455 g/mol.